The number of rotatable bonds is 11. The fourth-order valence-corrected chi connectivity index (χ4v) is 3.30. The van der Waals surface area contributed by atoms with E-state index in [2.05, 4.69) is 39.1 Å². The van der Waals surface area contributed by atoms with Crippen molar-refractivity contribution in [3.05, 3.63) is 36.7 Å². The molecule has 9 nitrogen and oxygen atoms in total. The average Bonchev–Trinajstić information content (AvgIpc) is 3.24. The molecule has 0 radical (unpaired) electrons. The van der Waals surface area contributed by atoms with Gasteiger partial charge in [-0.25, -0.2) is 9.67 Å². The Balaban J connectivity index is 1.90. The summed E-state index contributed by atoms with van der Waals surface area (Å²) in [6, 6.07) is 7.67. The normalized spacial score (nSPS) is 11.0. The quantitative estimate of drug-likeness (QED) is 0.482. The topological polar surface area (TPSA) is 103 Å². The second-order valence-electron chi connectivity index (χ2n) is 6.89. The molecule has 9 heteroatoms. The van der Waals surface area contributed by atoms with E-state index in [1.807, 2.05) is 35.9 Å². The Bertz CT molecular complexity index is 986. The molecule has 0 aliphatic heterocycles. The van der Waals surface area contributed by atoms with E-state index in [0.717, 1.165) is 43.1 Å². The molecule has 0 amide bonds. The molecule has 0 spiro atoms. The molecule has 0 unspecified atom stereocenters. The first-order valence-corrected chi connectivity index (χ1v) is 10.5. The molecule has 0 aliphatic carbocycles. The van der Waals surface area contributed by atoms with Gasteiger partial charge in [-0.2, -0.15) is 10.1 Å². The third-order valence-electron chi connectivity index (χ3n) is 5.10. The smallest absolute Gasteiger partial charge is 0.221 e. The van der Waals surface area contributed by atoms with Crippen LogP contribution >= 0.6 is 0 Å². The highest BCUT2D eigenvalue weighted by Crippen LogP contribution is 2.35. The van der Waals surface area contributed by atoms with Crippen LogP contribution in [-0.2, 0) is 6.54 Å². The molecule has 2 heterocycles. The minimum absolute atomic E-state index is 0.193. The molecule has 3 aromatic rings. The summed E-state index contributed by atoms with van der Waals surface area (Å²) in [7, 11) is 1.64. The maximum absolute atomic E-state index is 6.06. The Morgan fingerprint density at radius 2 is 1.94 bits per heavy atom. The number of nitrogens with one attached hydrogen (secondary N) is 1. The van der Waals surface area contributed by atoms with E-state index in [1.54, 1.807) is 19.5 Å². The third kappa shape index (κ3) is 5.43. The van der Waals surface area contributed by atoms with Gasteiger partial charge in [-0.3, -0.25) is 0 Å². The van der Waals surface area contributed by atoms with E-state index in [9.17, 15) is 0 Å². The molecule has 2 aromatic heterocycles. The Morgan fingerprint density at radius 3 is 2.65 bits per heavy atom. The van der Waals surface area contributed by atoms with Gasteiger partial charge in [0, 0.05) is 30.9 Å². The van der Waals surface area contributed by atoms with Crippen LogP contribution in [0.15, 0.2) is 36.7 Å². The van der Waals surface area contributed by atoms with Crippen molar-refractivity contribution in [3.8, 4) is 22.6 Å². The molecule has 0 aliphatic rings. The number of benzene rings is 1. The molecule has 3 rings (SSSR count). The van der Waals surface area contributed by atoms with E-state index in [4.69, 9.17) is 15.2 Å². The monoisotopic (exact) mass is 425 g/mol. The number of aryl methyl sites for hydroxylation is 1. The van der Waals surface area contributed by atoms with E-state index >= 15 is 0 Å². The summed E-state index contributed by atoms with van der Waals surface area (Å²) in [5.74, 6) is 2.97. The summed E-state index contributed by atoms with van der Waals surface area (Å²) in [5.41, 5.74) is 7.56. The zero-order valence-corrected chi connectivity index (χ0v) is 18.6. The summed E-state index contributed by atoms with van der Waals surface area (Å²) in [6.45, 7) is 10.4. The number of hydrogen-bond donors (Lipinski definition) is 2. The zero-order chi connectivity index (χ0) is 22.2. The number of nitrogen functional groups attached to an aromatic ring is 1. The van der Waals surface area contributed by atoms with Gasteiger partial charge in [-0.15, -0.1) is 0 Å². The lowest BCUT2D eigenvalue weighted by Crippen LogP contribution is -2.27. The maximum atomic E-state index is 6.06. The van der Waals surface area contributed by atoms with Gasteiger partial charge in [0.1, 0.15) is 18.2 Å². The van der Waals surface area contributed by atoms with Crippen LogP contribution in [0, 0.1) is 0 Å². The lowest BCUT2D eigenvalue weighted by atomic mass is 10.1. The lowest BCUT2D eigenvalue weighted by Gasteiger charge is -2.19. The van der Waals surface area contributed by atoms with E-state index < -0.39 is 0 Å². The largest absolute Gasteiger partial charge is 0.493 e. The molecular weight excluding hydrogens is 394 g/mol. The SMILES string of the molecule is CCN(CC)CCOc1cc(-c2cnc(N)nc2Nc2ccnn2CC)ccc1OC. The van der Waals surface area contributed by atoms with Crippen LogP contribution in [0.2, 0.25) is 0 Å². The van der Waals surface area contributed by atoms with Gasteiger partial charge in [0.15, 0.2) is 11.5 Å². The number of aromatic nitrogens is 4. The Kier molecular flexibility index (Phi) is 7.66. The van der Waals surface area contributed by atoms with Gasteiger partial charge < -0.3 is 25.4 Å². The number of methoxy groups -OCH3 is 1. The summed E-state index contributed by atoms with van der Waals surface area (Å²) in [4.78, 5) is 10.9. The highest BCUT2D eigenvalue weighted by atomic mass is 16.5. The molecule has 0 atom stereocenters. The van der Waals surface area contributed by atoms with Gasteiger partial charge in [-0.05, 0) is 37.7 Å². The number of anilines is 3. The number of likely N-dealkylation sites (N-methyl/N-ethyl adjacent to an activating group) is 1. The van der Waals surface area contributed by atoms with Gasteiger partial charge in [0.05, 0.1) is 13.3 Å². The number of nitrogens with two attached hydrogens (primary N) is 1. The van der Waals surface area contributed by atoms with Crippen LogP contribution in [0.3, 0.4) is 0 Å². The summed E-state index contributed by atoms with van der Waals surface area (Å²) >= 11 is 0. The second kappa shape index (κ2) is 10.6. The van der Waals surface area contributed by atoms with Crippen LogP contribution in [0.4, 0.5) is 17.6 Å². The van der Waals surface area contributed by atoms with Crippen LogP contribution in [0.25, 0.3) is 11.1 Å². The van der Waals surface area contributed by atoms with Crippen molar-refractivity contribution in [3.63, 3.8) is 0 Å². The Morgan fingerprint density at radius 1 is 1.13 bits per heavy atom. The van der Waals surface area contributed by atoms with Crippen molar-refractivity contribution in [1.82, 2.24) is 24.6 Å². The number of hydrogen-bond acceptors (Lipinski definition) is 8. The zero-order valence-electron chi connectivity index (χ0n) is 18.6. The van der Waals surface area contributed by atoms with Gasteiger partial charge in [-0.1, -0.05) is 19.9 Å². The first kappa shape index (κ1) is 22.4. The van der Waals surface area contributed by atoms with Crippen molar-refractivity contribution in [2.75, 3.05) is 44.4 Å². The van der Waals surface area contributed by atoms with Crippen LogP contribution in [0.5, 0.6) is 11.5 Å². The molecular formula is C22H31N7O2. The molecule has 0 saturated carbocycles. The first-order chi connectivity index (χ1) is 15.1. The standard InChI is InChI=1S/C22H31N7O2/c1-5-28(6-2)12-13-31-19-14-16(8-9-18(19)30-4)17-15-24-22(23)27-21(17)26-20-10-11-25-29(20)7-3/h8-11,14-15H,5-7,12-13H2,1-4H3,(H3,23,24,26,27). The van der Waals surface area contributed by atoms with Gasteiger partial charge in [0.2, 0.25) is 5.95 Å². The van der Waals surface area contributed by atoms with Gasteiger partial charge >= 0.3 is 0 Å². The van der Waals surface area contributed by atoms with E-state index in [-0.39, 0.29) is 5.95 Å². The Labute approximate surface area is 183 Å². The van der Waals surface area contributed by atoms with Crippen LogP contribution in [-0.4, -0.2) is 58.0 Å². The average molecular weight is 426 g/mol. The lowest BCUT2D eigenvalue weighted by molar-refractivity contribution is 0.217. The summed E-state index contributed by atoms with van der Waals surface area (Å²) < 4.78 is 13.4. The highest BCUT2D eigenvalue weighted by molar-refractivity contribution is 5.79. The summed E-state index contributed by atoms with van der Waals surface area (Å²) in [6.07, 6.45) is 3.45. The summed E-state index contributed by atoms with van der Waals surface area (Å²) in [5, 5.41) is 7.62. The van der Waals surface area contributed by atoms with Crippen molar-refractivity contribution in [2.45, 2.75) is 27.3 Å². The van der Waals surface area contributed by atoms with Crippen molar-refractivity contribution in [1.29, 1.82) is 0 Å². The number of ether oxygens (including phenoxy) is 2. The minimum Gasteiger partial charge on any atom is -0.493 e. The van der Waals surface area contributed by atoms with Crippen molar-refractivity contribution < 1.29 is 9.47 Å². The minimum atomic E-state index is 0.193. The first-order valence-electron chi connectivity index (χ1n) is 10.5. The van der Waals surface area contributed by atoms with E-state index in [0.29, 0.717) is 23.9 Å². The highest BCUT2D eigenvalue weighted by Gasteiger charge is 2.14. The fourth-order valence-electron chi connectivity index (χ4n) is 3.30. The van der Waals surface area contributed by atoms with Crippen LogP contribution in [0.1, 0.15) is 20.8 Å². The maximum Gasteiger partial charge on any atom is 0.221 e. The molecule has 166 valence electrons. The molecule has 31 heavy (non-hydrogen) atoms. The molecule has 0 fully saturated rings. The van der Waals surface area contributed by atoms with Crippen molar-refractivity contribution in [2.24, 2.45) is 0 Å². The van der Waals surface area contributed by atoms with Gasteiger partial charge in [0.25, 0.3) is 0 Å². The molecule has 0 bridgehead atoms. The van der Waals surface area contributed by atoms with Crippen LogP contribution < -0.4 is 20.5 Å². The number of nitrogens with zero attached hydrogens (tertiary/aromatic N) is 5. The second-order valence-corrected chi connectivity index (χ2v) is 6.89. The molecule has 3 N–H and O–H groups in total. The molecule has 1 aromatic carbocycles. The van der Waals surface area contributed by atoms with Crippen molar-refractivity contribution >= 4 is 17.6 Å². The predicted molar refractivity (Wildman–Crippen MR) is 123 cm³/mol. The van der Waals surface area contributed by atoms with E-state index in [1.165, 1.54) is 0 Å². The third-order valence-corrected chi connectivity index (χ3v) is 5.10. The predicted octanol–water partition coefficient (Wildman–Crippen LogP) is 3.42. The fraction of sp³-hybridized carbons (Fsp3) is 0.409. The molecule has 0 saturated heterocycles. The Hall–Kier alpha value is -3.33.